The number of aromatic nitrogens is 4. The number of H-pyrrole nitrogens is 1. The highest BCUT2D eigenvalue weighted by Gasteiger charge is 2.14. The first-order valence-corrected chi connectivity index (χ1v) is 8.74. The Labute approximate surface area is 138 Å². The molecule has 0 aliphatic carbocycles. The van der Waals surface area contributed by atoms with Crippen molar-refractivity contribution < 1.29 is 17.3 Å². The molecule has 0 aliphatic rings. The van der Waals surface area contributed by atoms with Gasteiger partial charge < -0.3 is 19.2 Å². The molecule has 2 heterocycles. The second-order valence-electron chi connectivity index (χ2n) is 4.91. The molecule has 0 bridgehead atoms. The van der Waals surface area contributed by atoms with E-state index in [-0.39, 0.29) is 6.01 Å². The maximum atomic E-state index is 11.3. The standard InChI is InChI=1S/C14H15N5O4S/c1-22-10-6-4-3-5-9(10)7-15-12-11-13(17-8-16-11)19-14(18-12)23-24(2,20)21/h3-6,8H,7H2,1-2H3,(H2,15,16,17,18,19). The first kappa shape index (κ1) is 16.0. The lowest BCUT2D eigenvalue weighted by atomic mass is 10.2. The molecule has 10 heteroatoms. The van der Waals surface area contributed by atoms with Gasteiger partial charge in [0.2, 0.25) is 0 Å². The summed E-state index contributed by atoms with van der Waals surface area (Å²) in [5, 5.41) is 3.11. The molecule has 2 N–H and O–H groups in total. The minimum absolute atomic E-state index is 0.292. The maximum Gasteiger partial charge on any atom is 0.337 e. The molecule has 126 valence electrons. The number of aromatic amines is 1. The van der Waals surface area contributed by atoms with Crippen LogP contribution in [0, 0.1) is 0 Å². The van der Waals surface area contributed by atoms with Crippen molar-refractivity contribution in [3.63, 3.8) is 0 Å². The van der Waals surface area contributed by atoms with E-state index >= 15 is 0 Å². The third-order valence-electron chi connectivity index (χ3n) is 3.13. The van der Waals surface area contributed by atoms with Crippen LogP contribution in [0.15, 0.2) is 30.6 Å². The summed E-state index contributed by atoms with van der Waals surface area (Å²) >= 11 is 0. The molecule has 3 aromatic rings. The average Bonchev–Trinajstić information content (AvgIpc) is 2.99. The van der Waals surface area contributed by atoms with Gasteiger partial charge in [0.1, 0.15) is 11.3 Å². The molecule has 0 radical (unpaired) electrons. The lowest BCUT2D eigenvalue weighted by Crippen LogP contribution is -2.10. The van der Waals surface area contributed by atoms with E-state index in [0.29, 0.717) is 23.5 Å². The second kappa shape index (κ2) is 6.32. The van der Waals surface area contributed by atoms with Crippen LogP contribution in [0.25, 0.3) is 11.2 Å². The van der Waals surface area contributed by atoms with Crippen LogP contribution in [-0.4, -0.2) is 41.7 Å². The highest BCUT2D eigenvalue weighted by atomic mass is 32.2. The van der Waals surface area contributed by atoms with Gasteiger partial charge in [-0.15, -0.1) is 0 Å². The Morgan fingerprint density at radius 1 is 1.25 bits per heavy atom. The van der Waals surface area contributed by atoms with Crippen LogP contribution in [0.1, 0.15) is 5.56 Å². The molecule has 9 nitrogen and oxygen atoms in total. The number of para-hydroxylation sites is 1. The van der Waals surface area contributed by atoms with Crippen molar-refractivity contribution in [1.29, 1.82) is 0 Å². The third-order valence-corrected chi connectivity index (χ3v) is 3.58. The second-order valence-corrected chi connectivity index (χ2v) is 6.48. The topological polar surface area (TPSA) is 119 Å². The summed E-state index contributed by atoms with van der Waals surface area (Å²) in [5.41, 5.74) is 1.76. The fourth-order valence-electron chi connectivity index (χ4n) is 2.14. The number of anilines is 1. The maximum absolute atomic E-state index is 11.3. The number of methoxy groups -OCH3 is 1. The number of hydrogen-bond acceptors (Lipinski definition) is 8. The smallest absolute Gasteiger partial charge is 0.337 e. The van der Waals surface area contributed by atoms with E-state index in [0.717, 1.165) is 17.6 Å². The van der Waals surface area contributed by atoms with Crippen molar-refractivity contribution in [2.45, 2.75) is 6.54 Å². The van der Waals surface area contributed by atoms with Gasteiger partial charge in [0.25, 0.3) is 0 Å². The van der Waals surface area contributed by atoms with Crippen LogP contribution in [-0.2, 0) is 16.7 Å². The lowest BCUT2D eigenvalue weighted by Gasteiger charge is -2.11. The van der Waals surface area contributed by atoms with Gasteiger partial charge in [-0.25, -0.2) is 4.98 Å². The molecular weight excluding hydrogens is 334 g/mol. The zero-order valence-corrected chi connectivity index (χ0v) is 13.8. The van der Waals surface area contributed by atoms with Gasteiger partial charge in [0.15, 0.2) is 11.5 Å². The SMILES string of the molecule is COc1ccccc1CNc1nc(OS(C)(=O)=O)nc2nc[nH]c12. The van der Waals surface area contributed by atoms with E-state index in [9.17, 15) is 8.42 Å². The van der Waals surface area contributed by atoms with Crippen molar-refractivity contribution in [2.24, 2.45) is 0 Å². The van der Waals surface area contributed by atoms with Gasteiger partial charge >= 0.3 is 16.1 Å². The van der Waals surface area contributed by atoms with Crippen LogP contribution in [0.4, 0.5) is 5.82 Å². The normalized spacial score (nSPS) is 11.4. The van der Waals surface area contributed by atoms with E-state index in [4.69, 9.17) is 8.92 Å². The number of hydrogen-bond donors (Lipinski definition) is 2. The molecule has 0 aliphatic heterocycles. The van der Waals surface area contributed by atoms with Crippen molar-refractivity contribution in [3.8, 4) is 11.8 Å². The quantitative estimate of drug-likeness (QED) is 0.639. The molecule has 0 spiro atoms. The van der Waals surface area contributed by atoms with Crippen molar-refractivity contribution in [3.05, 3.63) is 36.2 Å². The van der Waals surface area contributed by atoms with Crippen LogP contribution in [0.3, 0.4) is 0 Å². The number of nitrogens with one attached hydrogen (secondary N) is 2. The zero-order chi connectivity index (χ0) is 17.2. The van der Waals surface area contributed by atoms with E-state index in [1.165, 1.54) is 6.33 Å². The first-order valence-electron chi connectivity index (χ1n) is 6.92. The minimum Gasteiger partial charge on any atom is -0.496 e. The molecule has 0 saturated heterocycles. The highest BCUT2D eigenvalue weighted by Crippen LogP contribution is 2.23. The third kappa shape index (κ3) is 3.54. The fourth-order valence-corrected chi connectivity index (χ4v) is 2.49. The molecular formula is C14H15N5O4S. The zero-order valence-electron chi connectivity index (χ0n) is 13.0. The van der Waals surface area contributed by atoms with E-state index in [1.807, 2.05) is 24.3 Å². The van der Waals surface area contributed by atoms with E-state index in [1.54, 1.807) is 7.11 Å². The fraction of sp³-hybridized carbons (Fsp3) is 0.214. The van der Waals surface area contributed by atoms with Crippen LogP contribution < -0.4 is 14.2 Å². The molecule has 3 rings (SSSR count). The molecule has 1 aromatic carbocycles. The molecule has 24 heavy (non-hydrogen) atoms. The Bertz CT molecular complexity index is 970. The summed E-state index contributed by atoms with van der Waals surface area (Å²) < 4.78 is 32.6. The van der Waals surface area contributed by atoms with Gasteiger partial charge in [-0.3, -0.25) is 0 Å². The molecule has 2 aromatic heterocycles. The van der Waals surface area contributed by atoms with Gasteiger partial charge in [0.05, 0.1) is 19.7 Å². The predicted octanol–water partition coefficient (Wildman–Crippen LogP) is 1.31. The Kier molecular flexibility index (Phi) is 4.21. The highest BCUT2D eigenvalue weighted by molar-refractivity contribution is 7.86. The Morgan fingerprint density at radius 2 is 2.04 bits per heavy atom. The number of rotatable bonds is 6. The minimum atomic E-state index is -3.73. The Hall–Kier alpha value is -2.88. The number of ether oxygens (including phenoxy) is 1. The largest absolute Gasteiger partial charge is 0.496 e. The van der Waals surface area contributed by atoms with Crippen molar-refractivity contribution >= 4 is 27.1 Å². The predicted molar refractivity (Wildman–Crippen MR) is 87.5 cm³/mol. The Morgan fingerprint density at radius 3 is 2.79 bits per heavy atom. The summed E-state index contributed by atoms with van der Waals surface area (Å²) in [5.74, 6) is 1.11. The lowest BCUT2D eigenvalue weighted by molar-refractivity contribution is 0.410. The molecule has 0 amide bonds. The average molecular weight is 349 g/mol. The number of nitrogens with zero attached hydrogens (tertiary/aromatic N) is 3. The van der Waals surface area contributed by atoms with Crippen LogP contribution in [0.5, 0.6) is 11.8 Å². The summed E-state index contributed by atoms with van der Waals surface area (Å²) in [6.07, 6.45) is 2.37. The van der Waals surface area contributed by atoms with Gasteiger partial charge in [0, 0.05) is 12.1 Å². The van der Waals surface area contributed by atoms with Gasteiger partial charge in [-0.05, 0) is 6.07 Å². The van der Waals surface area contributed by atoms with Crippen LogP contribution in [0.2, 0.25) is 0 Å². The summed E-state index contributed by atoms with van der Waals surface area (Å²) in [7, 11) is -2.14. The van der Waals surface area contributed by atoms with Crippen molar-refractivity contribution in [2.75, 3.05) is 18.7 Å². The number of benzene rings is 1. The molecule has 0 unspecified atom stereocenters. The van der Waals surface area contributed by atoms with Gasteiger partial charge in [-0.1, -0.05) is 18.2 Å². The summed E-state index contributed by atoms with van der Waals surface area (Å²) in [6, 6.07) is 7.23. The molecule has 0 saturated carbocycles. The monoisotopic (exact) mass is 349 g/mol. The van der Waals surface area contributed by atoms with E-state index < -0.39 is 10.1 Å². The molecule has 0 fully saturated rings. The Balaban J connectivity index is 1.92. The van der Waals surface area contributed by atoms with E-state index in [2.05, 4.69) is 25.3 Å². The number of imidazole rings is 1. The van der Waals surface area contributed by atoms with Crippen LogP contribution >= 0.6 is 0 Å². The number of fused-ring (bicyclic) bond motifs is 1. The van der Waals surface area contributed by atoms with Crippen molar-refractivity contribution in [1.82, 2.24) is 19.9 Å². The molecule has 0 atom stereocenters. The van der Waals surface area contributed by atoms with Gasteiger partial charge in [-0.2, -0.15) is 18.4 Å². The summed E-state index contributed by atoms with van der Waals surface area (Å²) in [6.45, 7) is 0.410. The first-order chi connectivity index (χ1) is 11.5. The summed E-state index contributed by atoms with van der Waals surface area (Å²) in [4.78, 5) is 15.0.